The van der Waals surface area contributed by atoms with Crippen molar-refractivity contribution in [1.82, 2.24) is 10.2 Å². The number of fused-ring (bicyclic) bond motifs is 3. The summed E-state index contributed by atoms with van der Waals surface area (Å²) in [7, 11) is 4.80. The number of Topliss-reactive ketones (excluding diaryl/α,β-unsaturated/α-hetero) is 2. The number of hydrogen-bond acceptors (Lipinski definition) is 11. The van der Waals surface area contributed by atoms with Crippen LogP contribution in [0.5, 0.6) is 11.5 Å². The molecule has 3 aliphatic rings. The summed E-state index contributed by atoms with van der Waals surface area (Å²) in [6.07, 6.45) is 1.70. The van der Waals surface area contributed by atoms with Gasteiger partial charge in [0.05, 0.1) is 18.8 Å². The number of carbonyl (C=O) groups excluding carboxylic acids is 3. The van der Waals surface area contributed by atoms with Crippen LogP contribution < -0.4 is 15.8 Å². The Morgan fingerprint density at radius 3 is 2.50 bits per heavy atom. The Morgan fingerprint density at radius 1 is 1.10 bits per heavy atom. The number of rotatable bonds is 13. The number of unbranched alkanes of at least 4 members (excludes halogenated alkanes) is 1. The number of phenols is 1. The molecule has 2 aromatic rings. The summed E-state index contributed by atoms with van der Waals surface area (Å²) in [5.41, 5.74) is 5.58. The molecule has 2 aromatic carbocycles. The molecule has 5 rings (SSSR count). The van der Waals surface area contributed by atoms with Crippen LogP contribution >= 0.6 is 0 Å². The molecule has 2 unspecified atom stereocenters. The highest BCUT2D eigenvalue weighted by atomic mass is 16.5. The van der Waals surface area contributed by atoms with E-state index in [1.54, 1.807) is 32.2 Å². The zero-order valence-electron chi connectivity index (χ0n) is 28.0. The number of ether oxygens (including phenoxy) is 2. The molecule has 0 aromatic heterocycles. The van der Waals surface area contributed by atoms with Gasteiger partial charge in [0.1, 0.15) is 23.2 Å². The number of aliphatic hydroxyl groups is 3. The van der Waals surface area contributed by atoms with E-state index in [0.29, 0.717) is 30.0 Å². The second-order valence-corrected chi connectivity index (χ2v) is 13.3. The third kappa shape index (κ3) is 6.12. The van der Waals surface area contributed by atoms with Crippen LogP contribution in [0, 0.1) is 17.8 Å². The first-order valence-electron chi connectivity index (χ1n) is 16.6. The van der Waals surface area contributed by atoms with Gasteiger partial charge in [-0.3, -0.25) is 14.4 Å². The number of carbonyl (C=O) groups is 3. The quantitative estimate of drug-likeness (QED) is 0.136. The van der Waals surface area contributed by atoms with E-state index in [0.717, 1.165) is 43.5 Å². The van der Waals surface area contributed by atoms with Gasteiger partial charge in [0.2, 0.25) is 11.7 Å². The summed E-state index contributed by atoms with van der Waals surface area (Å²) in [6, 6.07) is 8.01. The van der Waals surface area contributed by atoms with E-state index in [2.05, 4.69) is 12.2 Å². The van der Waals surface area contributed by atoms with Gasteiger partial charge in [-0.15, -0.1) is 0 Å². The molecule has 0 saturated heterocycles. The molecule has 0 spiro atoms. The van der Waals surface area contributed by atoms with Crippen LogP contribution in [0.15, 0.2) is 35.9 Å². The van der Waals surface area contributed by atoms with Crippen molar-refractivity contribution < 1.29 is 44.3 Å². The highest BCUT2D eigenvalue weighted by molar-refractivity contribution is 6.25. The highest BCUT2D eigenvalue weighted by Gasteiger charge is 2.67. The standard InChI is InChI=1S/C36H47N3O9/c1-5-6-13-48-14-7-12-38-18-19-8-11-26(47-4)22(15-19)21-9-10-25(40)28-23(21)16-20-17-24-30(39(2)3)32(42)29(35(37)45)34(44)36(24,46)33(43)27(20)31(28)41/h8-11,15,20,24,29-30,32,38,40-42,46H,5-7,12-14,16-18H2,1-4H3,(H2,37,45)/t20-,24-,29?,30-,32?,36-/m1/s1. The van der Waals surface area contributed by atoms with Gasteiger partial charge >= 0.3 is 0 Å². The number of nitrogens with two attached hydrogens (primary N) is 1. The molecule has 2 saturated carbocycles. The number of nitrogens with zero attached hydrogens (tertiary/aromatic N) is 1. The van der Waals surface area contributed by atoms with Crippen LogP contribution in [-0.2, 0) is 32.1 Å². The Labute approximate surface area is 280 Å². The topological polar surface area (TPSA) is 192 Å². The molecule has 12 nitrogen and oxygen atoms in total. The lowest BCUT2D eigenvalue weighted by Gasteiger charge is -2.53. The largest absolute Gasteiger partial charge is 0.507 e. The fourth-order valence-electron chi connectivity index (χ4n) is 7.81. The normalized spacial score (nSPS) is 26.7. The van der Waals surface area contributed by atoms with Gasteiger partial charge in [0.25, 0.3) is 0 Å². The lowest BCUT2D eigenvalue weighted by molar-refractivity contribution is -0.184. The van der Waals surface area contributed by atoms with Gasteiger partial charge in [0.15, 0.2) is 11.4 Å². The number of methoxy groups -OCH3 is 1. The monoisotopic (exact) mass is 665 g/mol. The molecule has 2 fully saturated rings. The first-order chi connectivity index (χ1) is 22.9. The molecular formula is C36H47N3O9. The minimum absolute atomic E-state index is 0.0294. The van der Waals surface area contributed by atoms with Crippen LogP contribution in [0.25, 0.3) is 16.9 Å². The zero-order valence-corrected chi connectivity index (χ0v) is 28.0. The Kier molecular flexibility index (Phi) is 10.6. The lowest BCUT2D eigenvalue weighted by atomic mass is 9.54. The predicted octanol–water partition coefficient (Wildman–Crippen LogP) is 2.10. The Morgan fingerprint density at radius 2 is 1.83 bits per heavy atom. The minimum atomic E-state index is -2.70. The van der Waals surface area contributed by atoms with Crippen molar-refractivity contribution in [2.24, 2.45) is 23.5 Å². The number of primary amides is 1. The average molecular weight is 666 g/mol. The van der Waals surface area contributed by atoms with E-state index in [1.807, 2.05) is 18.2 Å². The van der Waals surface area contributed by atoms with Gasteiger partial charge in [-0.05, 0) is 87.1 Å². The molecule has 6 atom stereocenters. The van der Waals surface area contributed by atoms with Crippen LogP contribution in [-0.4, -0.2) is 102 Å². The van der Waals surface area contributed by atoms with E-state index >= 15 is 0 Å². The average Bonchev–Trinajstić information content (AvgIpc) is 3.03. The van der Waals surface area contributed by atoms with E-state index in [4.69, 9.17) is 15.2 Å². The van der Waals surface area contributed by atoms with Gasteiger partial charge in [-0.2, -0.15) is 0 Å². The molecule has 0 heterocycles. The zero-order chi connectivity index (χ0) is 34.9. The molecule has 7 N–H and O–H groups in total. The summed E-state index contributed by atoms with van der Waals surface area (Å²) in [5.74, 6) is -7.20. The Balaban J connectivity index is 1.51. The Bertz CT molecular complexity index is 1610. The van der Waals surface area contributed by atoms with Crippen molar-refractivity contribution in [2.45, 2.75) is 63.3 Å². The number of nitrogens with one attached hydrogen (secondary N) is 1. The summed E-state index contributed by atoms with van der Waals surface area (Å²) in [5, 5.41) is 49.1. The molecule has 1 amide bonds. The number of likely N-dealkylation sites (N-methyl/N-ethyl adjacent to an activating group) is 1. The number of benzene rings is 2. The van der Waals surface area contributed by atoms with Crippen molar-refractivity contribution in [3.8, 4) is 22.6 Å². The summed E-state index contributed by atoms with van der Waals surface area (Å²) in [4.78, 5) is 41.6. The van der Waals surface area contributed by atoms with Gasteiger partial charge < -0.3 is 45.9 Å². The molecule has 3 aliphatic carbocycles. The van der Waals surface area contributed by atoms with E-state index in [-0.39, 0.29) is 29.7 Å². The maximum Gasteiger partial charge on any atom is 0.230 e. The predicted molar refractivity (Wildman–Crippen MR) is 178 cm³/mol. The Hall–Kier alpha value is -3.81. The van der Waals surface area contributed by atoms with Crippen LogP contribution in [0.3, 0.4) is 0 Å². The van der Waals surface area contributed by atoms with Crippen LogP contribution in [0.2, 0.25) is 0 Å². The van der Waals surface area contributed by atoms with E-state index < -0.39 is 58.7 Å². The smallest absolute Gasteiger partial charge is 0.230 e. The fourth-order valence-corrected chi connectivity index (χ4v) is 7.81. The maximum absolute atomic E-state index is 14.2. The first-order valence-corrected chi connectivity index (χ1v) is 16.6. The van der Waals surface area contributed by atoms with Crippen molar-refractivity contribution in [2.75, 3.05) is 41.0 Å². The summed E-state index contributed by atoms with van der Waals surface area (Å²) in [6.45, 7) is 4.95. The third-order valence-electron chi connectivity index (χ3n) is 10.1. The summed E-state index contributed by atoms with van der Waals surface area (Å²) >= 11 is 0. The second-order valence-electron chi connectivity index (χ2n) is 13.3. The number of ketones is 2. The number of phenolic OH excluding ortho intramolecular Hbond substituents is 1. The van der Waals surface area contributed by atoms with Gasteiger partial charge in [-0.1, -0.05) is 25.5 Å². The molecule has 0 radical (unpaired) electrons. The minimum Gasteiger partial charge on any atom is -0.507 e. The number of amides is 1. The number of aromatic hydroxyl groups is 1. The molecule has 0 bridgehead atoms. The molecule has 260 valence electrons. The molecule has 12 heteroatoms. The number of hydrogen-bond donors (Lipinski definition) is 6. The van der Waals surface area contributed by atoms with Crippen molar-refractivity contribution >= 4 is 23.2 Å². The fraction of sp³-hybridized carbons (Fsp3) is 0.528. The molecule has 0 aliphatic heterocycles. The van der Waals surface area contributed by atoms with E-state index in [9.17, 15) is 34.8 Å². The lowest BCUT2D eigenvalue weighted by Crippen LogP contribution is -2.73. The van der Waals surface area contributed by atoms with Crippen LogP contribution in [0.1, 0.15) is 49.3 Å². The van der Waals surface area contributed by atoms with Gasteiger partial charge in [0, 0.05) is 42.9 Å². The molecular weight excluding hydrogens is 618 g/mol. The SMILES string of the molecule is CCCCOCCCNCc1ccc(OC)c(-c2ccc(O)c3c2C[C@@H]2C[C@@H]4[C@@H](N(C)C)C(O)C(C(N)=O)C(=O)[C@]4(O)C(=O)C2=C3O)c1. The third-order valence-corrected chi connectivity index (χ3v) is 10.1. The summed E-state index contributed by atoms with van der Waals surface area (Å²) < 4.78 is 11.4. The van der Waals surface area contributed by atoms with Crippen molar-refractivity contribution in [1.29, 1.82) is 0 Å². The van der Waals surface area contributed by atoms with E-state index in [1.165, 1.54) is 6.07 Å². The second kappa shape index (κ2) is 14.4. The van der Waals surface area contributed by atoms with Gasteiger partial charge in [-0.25, -0.2) is 0 Å². The van der Waals surface area contributed by atoms with Crippen molar-refractivity contribution in [3.63, 3.8) is 0 Å². The van der Waals surface area contributed by atoms with Crippen molar-refractivity contribution in [3.05, 3.63) is 52.6 Å². The van der Waals surface area contributed by atoms with Crippen LogP contribution in [0.4, 0.5) is 0 Å². The molecule has 48 heavy (non-hydrogen) atoms. The maximum atomic E-state index is 14.2. The highest BCUT2D eigenvalue weighted by Crippen LogP contribution is 2.53. The first kappa shape index (κ1) is 35.5. The number of aliphatic hydroxyl groups excluding tert-OH is 2.